The largest absolute Gasteiger partial charge is 0.408 e. The van der Waals surface area contributed by atoms with E-state index in [1.807, 2.05) is 54.6 Å². The molecule has 2 aromatic carbocycles. The molecule has 1 aliphatic rings. The highest BCUT2D eigenvalue weighted by Gasteiger charge is 2.28. The standard InChI is InChI=1S/C13H11BN2O/c17-13-11-8-4-5-9-12(11)15-14(16-13)10-6-2-1-3-7-10/h1-9,15H,(H,16,17). The van der Waals surface area contributed by atoms with Gasteiger partial charge in [-0.25, -0.2) is 0 Å². The number of nitrogens with one attached hydrogen (secondary N) is 2. The fourth-order valence-electron chi connectivity index (χ4n) is 2.02. The van der Waals surface area contributed by atoms with E-state index in [2.05, 4.69) is 10.5 Å². The van der Waals surface area contributed by atoms with Gasteiger partial charge in [0.05, 0.1) is 5.56 Å². The highest BCUT2D eigenvalue weighted by molar-refractivity contribution is 6.77. The van der Waals surface area contributed by atoms with Gasteiger partial charge in [-0.15, -0.1) is 0 Å². The first-order valence-corrected chi connectivity index (χ1v) is 5.56. The second-order valence-corrected chi connectivity index (χ2v) is 4.01. The molecule has 0 spiro atoms. The van der Waals surface area contributed by atoms with E-state index in [1.54, 1.807) is 0 Å². The Balaban J connectivity index is 1.97. The molecular formula is C13H11BN2O. The van der Waals surface area contributed by atoms with Crippen molar-refractivity contribution in [3.8, 4) is 0 Å². The molecule has 82 valence electrons. The Hall–Kier alpha value is -2.23. The van der Waals surface area contributed by atoms with Gasteiger partial charge >= 0.3 is 6.98 Å². The van der Waals surface area contributed by atoms with Crippen LogP contribution >= 0.6 is 0 Å². The smallest absolute Gasteiger partial charge is 0.405 e. The van der Waals surface area contributed by atoms with Crippen molar-refractivity contribution in [1.29, 1.82) is 0 Å². The van der Waals surface area contributed by atoms with Crippen LogP contribution in [0.15, 0.2) is 54.6 Å². The number of fused-ring (bicyclic) bond motifs is 1. The van der Waals surface area contributed by atoms with Gasteiger partial charge in [0.1, 0.15) is 0 Å². The normalized spacial score (nSPS) is 13.6. The molecule has 0 saturated heterocycles. The third-order valence-corrected chi connectivity index (χ3v) is 2.88. The molecule has 0 aromatic heterocycles. The van der Waals surface area contributed by atoms with Crippen molar-refractivity contribution in [1.82, 2.24) is 5.23 Å². The molecule has 2 aromatic rings. The summed E-state index contributed by atoms with van der Waals surface area (Å²) < 4.78 is 0. The minimum absolute atomic E-state index is 0.0341. The molecule has 0 atom stereocenters. The number of carbonyl (C=O) groups excluding carboxylic acids is 1. The second-order valence-electron chi connectivity index (χ2n) is 4.01. The topological polar surface area (TPSA) is 41.1 Å². The van der Waals surface area contributed by atoms with Crippen LogP contribution in [-0.4, -0.2) is 12.9 Å². The third-order valence-electron chi connectivity index (χ3n) is 2.88. The quantitative estimate of drug-likeness (QED) is 0.712. The number of benzene rings is 2. The average molecular weight is 222 g/mol. The van der Waals surface area contributed by atoms with Crippen molar-refractivity contribution in [3.05, 3.63) is 60.2 Å². The van der Waals surface area contributed by atoms with Crippen LogP contribution in [0.4, 0.5) is 5.69 Å². The van der Waals surface area contributed by atoms with Crippen LogP contribution in [0, 0.1) is 0 Å². The SMILES string of the molecule is O=C1NB(c2ccccc2)Nc2ccccc21. The molecule has 0 aliphatic carbocycles. The molecule has 2 N–H and O–H groups in total. The number of rotatable bonds is 1. The lowest BCUT2D eigenvalue weighted by atomic mass is 9.66. The Morgan fingerprint density at radius 1 is 0.824 bits per heavy atom. The Kier molecular flexibility index (Phi) is 2.33. The zero-order chi connectivity index (χ0) is 11.7. The van der Waals surface area contributed by atoms with Gasteiger partial charge in [-0.1, -0.05) is 42.5 Å². The number of hydrogen-bond acceptors (Lipinski definition) is 2. The minimum Gasteiger partial charge on any atom is -0.405 e. The number of anilines is 1. The molecule has 1 aliphatic heterocycles. The van der Waals surface area contributed by atoms with E-state index < -0.39 is 0 Å². The van der Waals surface area contributed by atoms with Crippen molar-refractivity contribution < 1.29 is 4.79 Å². The number of carbonyl (C=O) groups is 1. The van der Waals surface area contributed by atoms with E-state index in [4.69, 9.17) is 0 Å². The summed E-state index contributed by atoms with van der Waals surface area (Å²) in [6.07, 6.45) is 0. The van der Waals surface area contributed by atoms with E-state index >= 15 is 0 Å². The lowest BCUT2D eigenvalue weighted by Gasteiger charge is -2.24. The molecule has 0 bridgehead atoms. The summed E-state index contributed by atoms with van der Waals surface area (Å²) >= 11 is 0. The average Bonchev–Trinajstić information content (AvgIpc) is 2.40. The van der Waals surface area contributed by atoms with Gasteiger partial charge < -0.3 is 10.5 Å². The molecule has 3 rings (SSSR count). The Bertz CT molecular complexity index is 556. The predicted octanol–water partition coefficient (Wildman–Crippen LogP) is 1.24. The maximum atomic E-state index is 11.9. The van der Waals surface area contributed by atoms with Crippen LogP contribution < -0.4 is 15.9 Å². The summed E-state index contributed by atoms with van der Waals surface area (Å²) in [6, 6.07) is 17.4. The van der Waals surface area contributed by atoms with Gasteiger partial charge in [-0.3, -0.25) is 4.79 Å². The lowest BCUT2D eigenvalue weighted by Crippen LogP contribution is -2.56. The second kappa shape index (κ2) is 3.98. The molecule has 17 heavy (non-hydrogen) atoms. The van der Waals surface area contributed by atoms with Crippen LogP contribution in [0.3, 0.4) is 0 Å². The van der Waals surface area contributed by atoms with Gasteiger partial charge in [0, 0.05) is 5.69 Å². The molecule has 1 amide bonds. The van der Waals surface area contributed by atoms with E-state index in [0.717, 1.165) is 11.2 Å². The third kappa shape index (κ3) is 1.78. The Morgan fingerprint density at radius 3 is 2.35 bits per heavy atom. The first-order chi connectivity index (χ1) is 8.34. The fraction of sp³-hybridized carbons (Fsp3) is 0. The molecule has 0 radical (unpaired) electrons. The van der Waals surface area contributed by atoms with E-state index in [9.17, 15) is 4.79 Å². The molecule has 1 heterocycles. The fourth-order valence-corrected chi connectivity index (χ4v) is 2.02. The Morgan fingerprint density at radius 2 is 1.53 bits per heavy atom. The van der Waals surface area contributed by atoms with E-state index in [0.29, 0.717) is 5.56 Å². The summed E-state index contributed by atoms with van der Waals surface area (Å²) in [6.45, 7) is -0.154. The first-order valence-electron chi connectivity index (χ1n) is 5.56. The van der Waals surface area contributed by atoms with Crippen molar-refractivity contribution in [2.24, 2.45) is 0 Å². The summed E-state index contributed by atoms with van der Waals surface area (Å²) in [4.78, 5) is 11.9. The highest BCUT2D eigenvalue weighted by atomic mass is 16.1. The van der Waals surface area contributed by atoms with Gasteiger partial charge in [0.2, 0.25) is 5.91 Å². The van der Waals surface area contributed by atoms with Crippen LogP contribution in [0.25, 0.3) is 0 Å². The van der Waals surface area contributed by atoms with Crippen LogP contribution in [0.2, 0.25) is 0 Å². The zero-order valence-electron chi connectivity index (χ0n) is 9.18. The molecule has 3 nitrogen and oxygen atoms in total. The number of para-hydroxylation sites is 1. The van der Waals surface area contributed by atoms with Crippen molar-refractivity contribution in [2.45, 2.75) is 0 Å². The van der Waals surface area contributed by atoms with Gasteiger partial charge in [0.15, 0.2) is 0 Å². The summed E-state index contributed by atoms with van der Waals surface area (Å²) in [5, 5.41) is 6.25. The summed E-state index contributed by atoms with van der Waals surface area (Å²) in [5.74, 6) is -0.0341. The monoisotopic (exact) mass is 222 g/mol. The maximum Gasteiger partial charge on any atom is 0.408 e. The van der Waals surface area contributed by atoms with Crippen molar-refractivity contribution in [3.63, 3.8) is 0 Å². The lowest BCUT2D eigenvalue weighted by molar-refractivity contribution is 0.0979. The van der Waals surface area contributed by atoms with Crippen LogP contribution in [-0.2, 0) is 0 Å². The van der Waals surface area contributed by atoms with Gasteiger partial charge in [-0.2, -0.15) is 0 Å². The van der Waals surface area contributed by atoms with Gasteiger partial charge in [-0.05, 0) is 17.6 Å². The molecule has 4 heteroatoms. The predicted molar refractivity (Wildman–Crippen MR) is 69.4 cm³/mol. The molecule has 0 unspecified atom stereocenters. The number of amides is 1. The van der Waals surface area contributed by atoms with E-state index in [1.165, 1.54) is 0 Å². The van der Waals surface area contributed by atoms with Crippen LogP contribution in [0.5, 0.6) is 0 Å². The minimum atomic E-state index is -0.154. The summed E-state index contributed by atoms with van der Waals surface area (Å²) in [7, 11) is 0. The van der Waals surface area contributed by atoms with Crippen molar-refractivity contribution in [2.75, 3.05) is 5.23 Å². The summed E-state index contributed by atoms with van der Waals surface area (Å²) in [5.41, 5.74) is 2.63. The first kappa shape index (κ1) is 9.96. The van der Waals surface area contributed by atoms with Crippen LogP contribution in [0.1, 0.15) is 10.4 Å². The van der Waals surface area contributed by atoms with Crippen molar-refractivity contribution >= 4 is 24.0 Å². The molecule has 0 saturated carbocycles. The van der Waals surface area contributed by atoms with Gasteiger partial charge in [0.25, 0.3) is 0 Å². The zero-order valence-corrected chi connectivity index (χ0v) is 9.18. The maximum absolute atomic E-state index is 11.9. The number of hydrogen-bond donors (Lipinski definition) is 2. The Labute approximate surface area is 100.0 Å². The van der Waals surface area contributed by atoms with E-state index in [-0.39, 0.29) is 12.9 Å². The molecule has 0 fully saturated rings. The highest BCUT2D eigenvalue weighted by Crippen LogP contribution is 2.18. The molecular weight excluding hydrogens is 211 g/mol.